The largest absolute Gasteiger partial charge is 0.573 e. The van der Waals surface area contributed by atoms with Crippen molar-refractivity contribution in [3.8, 4) is 16.9 Å². The van der Waals surface area contributed by atoms with Crippen LogP contribution in [0.25, 0.3) is 17.2 Å². The molecule has 15 heteroatoms. The molecule has 7 nitrogen and oxygen atoms in total. The number of hydrogen-bond donors (Lipinski definition) is 2. The highest BCUT2D eigenvalue weighted by molar-refractivity contribution is 7.85. The van der Waals surface area contributed by atoms with Gasteiger partial charge in [-0.05, 0) is 64.8 Å². The lowest BCUT2D eigenvalue weighted by Crippen LogP contribution is -2.24. The molecule has 1 atom stereocenters. The van der Waals surface area contributed by atoms with E-state index < -0.39 is 51.5 Å². The van der Waals surface area contributed by atoms with E-state index in [0.29, 0.717) is 17.2 Å². The number of Topliss-reactive ketones (excluding diaryl/α,β-unsaturated/α-hetero) is 1. The van der Waals surface area contributed by atoms with Crippen LogP contribution in [0.4, 0.5) is 32.0 Å². The molecule has 1 unspecified atom stereocenters. The zero-order valence-electron chi connectivity index (χ0n) is 29.2. The topological polar surface area (TPSA) is 110 Å². The first-order valence-electron chi connectivity index (χ1n) is 16.4. The number of anilines is 1. The number of carbonyl (C=O) groups excluding carboxylic acids is 2. The van der Waals surface area contributed by atoms with Gasteiger partial charge in [-0.1, -0.05) is 105 Å². The Bertz CT molecular complexity index is 2110. The van der Waals surface area contributed by atoms with Gasteiger partial charge < -0.3 is 10.1 Å². The first kappa shape index (κ1) is 42.1. The standard InChI is InChI=1S/C39H36ClF6NO6S/c1-37(2,3)19-18-24-6-10-26(11-7-24)31(21-25-8-12-27(13-9-25)34(48)5-4-20-54(50,51)52)36(49)47-33-17-14-28(22-35(33)53-39(44,45)46)30-16-15-29(23-32(30)40)38(41,42)43/h6-19,22-23,31H,4-5,20-21H2,1-3H3,(H,47,49)(H,50,51,52)/b19-18+. The van der Waals surface area contributed by atoms with Crippen LogP contribution in [0.2, 0.25) is 5.02 Å². The number of allylic oxidation sites excluding steroid dienone is 1. The molecule has 0 heterocycles. The third-order valence-corrected chi connectivity index (χ3v) is 9.14. The summed E-state index contributed by atoms with van der Waals surface area (Å²) in [5.41, 5.74) is 0.669. The van der Waals surface area contributed by atoms with Crippen molar-refractivity contribution in [2.45, 2.75) is 58.5 Å². The van der Waals surface area contributed by atoms with Crippen molar-refractivity contribution in [1.82, 2.24) is 0 Å². The van der Waals surface area contributed by atoms with Crippen LogP contribution in [-0.4, -0.2) is 36.8 Å². The van der Waals surface area contributed by atoms with Crippen molar-refractivity contribution in [2.24, 2.45) is 5.41 Å². The number of amides is 1. The van der Waals surface area contributed by atoms with Gasteiger partial charge in [0.1, 0.15) is 0 Å². The van der Waals surface area contributed by atoms with Gasteiger partial charge in [0.15, 0.2) is 11.5 Å². The lowest BCUT2D eigenvalue weighted by atomic mass is 9.89. The second kappa shape index (κ2) is 16.8. The predicted molar refractivity (Wildman–Crippen MR) is 195 cm³/mol. The molecule has 0 bridgehead atoms. The van der Waals surface area contributed by atoms with Gasteiger partial charge in [-0.15, -0.1) is 13.2 Å². The Morgan fingerprint density at radius 1 is 0.889 bits per heavy atom. The van der Waals surface area contributed by atoms with Crippen molar-refractivity contribution in [2.75, 3.05) is 11.1 Å². The second-order valence-corrected chi connectivity index (χ2v) is 15.6. The van der Waals surface area contributed by atoms with E-state index in [4.69, 9.17) is 16.2 Å². The van der Waals surface area contributed by atoms with Crippen molar-refractivity contribution < 1.29 is 53.6 Å². The van der Waals surface area contributed by atoms with Crippen molar-refractivity contribution >= 4 is 45.2 Å². The maximum atomic E-state index is 14.0. The van der Waals surface area contributed by atoms with E-state index in [-0.39, 0.29) is 57.9 Å². The number of halogens is 7. The molecule has 0 radical (unpaired) electrons. The molecule has 0 saturated carbocycles. The normalized spacial score (nSPS) is 13.2. The van der Waals surface area contributed by atoms with E-state index >= 15 is 0 Å². The first-order valence-corrected chi connectivity index (χ1v) is 18.4. The van der Waals surface area contributed by atoms with E-state index in [1.54, 1.807) is 36.4 Å². The van der Waals surface area contributed by atoms with Crippen LogP contribution in [0.1, 0.15) is 72.1 Å². The quantitative estimate of drug-likeness (QED) is 0.0792. The van der Waals surface area contributed by atoms with Crippen LogP contribution in [0.15, 0.2) is 91.0 Å². The van der Waals surface area contributed by atoms with E-state index in [9.17, 15) is 44.3 Å². The number of ether oxygens (including phenoxy) is 1. The fraction of sp³-hybridized carbons (Fsp3) is 0.282. The average molecular weight is 796 g/mol. The number of nitrogens with one attached hydrogen (secondary N) is 1. The number of alkyl halides is 6. The molecule has 0 aliphatic heterocycles. The van der Waals surface area contributed by atoms with Gasteiger partial charge >= 0.3 is 12.5 Å². The van der Waals surface area contributed by atoms with Gasteiger partial charge in [-0.2, -0.15) is 21.6 Å². The van der Waals surface area contributed by atoms with E-state index in [2.05, 4.69) is 10.1 Å². The summed E-state index contributed by atoms with van der Waals surface area (Å²) in [5, 5.41) is 2.15. The summed E-state index contributed by atoms with van der Waals surface area (Å²) >= 11 is 6.10. The molecule has 0 aliphatic rings. The molecule has 0 saturated heterocycles. The predicted octanol–water partition coefficient (Wildman–Crippen LogP) is 10.8. The molecular formula is C39H36ClF6NO6S. The maximum Gasteiger partial charge on any atom is 0.573 e. The second-order valence-electron chi connectivity index (χ2n) is 13.6. The number of carbonyl (C=O) groups is 2. The lowest BCUT2D eigenvalue weighted by Gasteiger charge is -2.21. The maximum absolute atomic E-state index is 14.0. The van der Waals surface area contributed by atoms with Crippen LogP contribution in [0.5, 0.6) is 5.75 Å². The van der Waals surface area contributed by atoms with Gasteiger partial charge in [-0.25, -0.2) is 0 Å². The Balaban J connectivity index is 1.67. The summed E-state index contributed by atoms with van der Waals surface area (Å²) < 4.78 is 116. The summed E-state index contributed by atoms with van der Waals surface area (Å²) in [7, 11) is -4.22. The minimum atomic E-state index is -5.20. The number of ketones is 1. The molecule has 2 N–H and O–H groups in total. The molecule has 288 valence electrons. The van der Waals surface area contributed by atoms with Gasteiger partial charge in [-0.3, -0.25) is 14.1 Å². The molecule has 1 amide bonds. The number of rotatable bonds is 13. The highest BCUT2D eigenvalue weighted by atomic mass is 35.5. The Morgan fingerprint density at radius 3 is 2.09 bits per heavy atom. The van der Waals surface area contributed by atoms with Crippen molar-refractivity contribution in [3.63, 3.8) is 0 Å². The SMILES string of the molecule is CC(C)(C)/C=C/c1ccc(C(Cc2ccc(C(=O)CCCS(=O)(=O)O)cc2)C(=O)Nc2ccc(-c3ccc(C(F)(F)F)cc3Cl)cc2OC(F)(F)F)cc1. The fourth-order valence-electron chi connectivity index (χ4n) is 5.32. The minimum Gasteiger partial charge on any atom is -0.404 e. The molecule has 4 rings (SSSR count). The highest BCUT2D eigenvalue weighted by Crippen LogP contribution is 2.40. The minimum absolute atomic E-state index is 0.00551. The zero-order valence-corrected chi connectivity index (χ0v) is 30.8. The van der Waals surface area contributed by atoms with Gasteiger partial charge in [0, 0.05) is 22.6 Å². The first-order chi connectivity index (χ1) is 25.0. The van der Waals surface area contributed by atoms with Crippen molar-refractivity contribution in [3.05, 3.63) is 124 Å². The van der Waals surface area contributed by atoms with E-state index in [1.807, 2.05) is 32.9 Å². The molecule has 0 spiro atoms. The van der Waals surface area contributed by atoms with Crippen LogP contribution < -0.4 is 10.1 Å². The van der Waals surface area contributed by atoms with E-state index in [0.717, 1.165) is 29.8 Å². The lowest BCUT2D eigenvalue weighted by molar-refractivity contribution is -0.274. The fourth-order valence-corrected chi connectivity index (χ4v) is 6.12. The van der Waals surface area contributed by atoms with Crippen LogP contribution >= 0.6 is 11.6 Å². The van der Waals surface area contributed by atoms with Gasteiger partial charge in [0.25, 0.3) is 10.1 Å². The smallest absolute Gasteiger partial charge is 0.404 e. The van der Waals surface area contributed by atoms with Crippen LogP contribution in [0, 0.1) is 5.41 Å². The van der Waals surface area contributed by atoms with E-state index in [1.165, 1.54) is 18.2 Å². The highest BCUT2D eigenvalue weighted by Gasteiger charge is 2.34. The molecule has 4 aromatic rings. The number of benzene rings is 4. The molecule has 0 aliphatic carbocycles. The van der Waals surface area contributed by atoms with Gasteiger partial charge in [0.2, 0.25) is 5.91 Å². The average Bonchev–Trinajstić information content (AvgIpc) is 3.05. The van der Waals surface area contributed by atoms with Crippen LogP contribution in [-0.2, 0) is 27.5 Å². The Morgan fingerprint density at radius 2 is 1.54 bits per heavy atom. The summed E-state index contributed by atoms with van der Waals surface area (Å²) in [4.78, 5) is 26.6. The summed E-state index contributed by atoms with van der Waals surface area (Å²) in [6, 6.07) is 18.9. The Labute approximate surface area is 313 Å². The molecule has 0 fully saturated rings. The third kappa shape index (κ3) is 12.7. The van der Waals surface area contributed by atoms with Crippen LogP contribution in [0.3, 0.4) is 0 Å². The summed E-state index contributed by atoms with van der Waals surface area (Å²) in [5.74, 6) is -3.46. The third-order valence-electron chi connectivity index (χ3n) is 8.03. The van der Waals surface area contributed by atoms with Crippen molar-refractivity contribution in [1.29, 1.82) is 0 Å². The monoisotopic (exact) mass is 795 g/mol. The molecule has 54 heavy (non-hydrogen) atoms. The summed E-state index contributed by atoms with van der Waals surface area (Å²) in [6.45, 7) is 6.08. The molecule has 4 aromatic carbocycles. The molecular weight excluding hydrogens is 760 g/mol. The van der Waals surface area contributed by atoms with Gasteiger partial charge in [0.05, 0.1) is 22.9 Å². The Kier molecular flexibility index (Phi) is 13.1. The number of hydrogen-bond acceptors (Lipinski definition) is 5. The summed E-state index contributed by atoms with van der Waals surface area (Å²) in [6.07, 6.45) is -6.17. The molecule has 0 aromatic heterocycles. The Hall–Kier alpha value is -4.66. The zero-order chi connectivity index (χ0) is 40.1.